The highest BCUT2D eigenvalue weighted by molar-refractivity contribution is 7.99. The molecule has 2 aromatic carbocycles. The normalized spacial score (nSPS) is 11.4. The van der Waals surface area contributed by atoms with Gasteiger partial charge in [0.25, 0.3) is 0 Å². The third-order valence-electron chi connectivity index (χ3n) is 4.55. The van der Waals surface area contributed by atoms with Gasteiger partial charge < -0.3 is 14.6 Å². The zero-order valence-corrected chi connectivity index (χ0v) is 20.1. The summed E-state index contributed by atoms with van der Waals surface area (Å²) >= 11 is 13.2. The highest BCUT2D eigenvalue weighted by Gasteiger charge is 2.15. The van der Waals surface area contributed by atoms with Gasteiger partial charge in [0.1, 0.15) is 12.4 Å². The van der Waals surface area contributed by atoms with Gasteiger partial charge in [-0.1, -0.05) is 67.9 Å². The molecule has 0 unspecified atom stereocenters. The summed E-state index contributed by atoms with van der Waals surface area (Å²) in [7, 11) is 1.85. The van der Waals surface area contributed by atoms with E-state index in [2.05, 4.69) is 48.4 Å². The first-order chi connectivity index (χ1) is 14.6. The number of hydrogen-bond donors (Lipinski definition) is 1. The smallest absolute Gasteiger partial charge is 0.234 e. The van der Waals surface area contributed by atoms with Crippen LogP contribution in [-0.4, -0.2) is 26.4 Å². The van der Waals surface area contributed by atoms with Gasteiger partial charge in [0.15, 0.2) is 11.0 Å². The van der Waals surface area contributed by atoms with Crippen LogP contribution < -0.4 is 10.1 Å². The fourth-order valence-electron chi connectivity index (χ4n) is 2.70. The minimum Gasteiger partial charge on any atom is -0.486 e. The monoisotopic (exact) mass is 478 g/mol. The summed E-state index contributed by atoms with van der Waals surface area (Å²) < 4.78 is 7.66. The zero-order valence-electron chi connectivity index (χ0n) is 17.8. The van der Waals surface area contributed by atoms with E-state index in [4.69, 9.17) is 27.9 Å². The second-order valence-electron chi connectivity index (χ2n) is 7.99. The van der Waals surface area contributed by atoms with Gasteiger partial charge >= 0.3 is 0 Å². The average molecular weight is 479 g/mol. The van der Waals surface area contributed by atoms with Crippen molar-refractivity contribution in [3.63, 3.8) is 0 Å². The molecule has 31 heavy (non-hydrogen) atoms. The molecule has 3 rings (SSSR count). The Balaban J connectivity index is 1.52. The number of halogens is 2. The van der Waals surface area contributed by atoms with Gasteiger partial charge in [0, 0.05) is 12.7 Å². The van der Waals surface area contributed by atoms with Crippen molar-refractivity contribution in [1.29, 1.82) is 0 Å². The Bertz CT molecular complexity index is 1060. The van der Waals surface area contributed by atoms with Crippen LogP contribution in [0, 0.1) is 0 Å². The van der Waals surface area contributed by atoms with Crippen molar-refractivity contribution in [3.05, 3.63) is 63.9 Å². The highest BCUT2D eigenvalue weighted by atomic mass is 35.5. The average Bonchev–Trinajstić information content (AvgIpc) is 3.07. The minimum absolute atomic E-state index is 0.0976. The van der Waals surface area contributed by atoms with Crippen molar-refractivity contribution in [2.75, 3.05) is 11.1 Å². The van der Waals surface area contributed by atoms with Crippen LogP contribution >= 0.6 is 35.0 Å². The molecule has 1 heterocycles. The second kappa shape index (κ2) is 9.94. The number of benzene rings is 2. The molecule has 0 aliphatic carbocycles. The van der Waals surface area contributed by atoms with E-state index in [0.717, 1.165) is 5.75 Å². The Hall–Kier alpha value is -2.22. The lowest BCUT2D eigenvalue weighted by atomic mass is 9.87. The predicted molar refractivity (Wildman–Crippen MR) is 126 cm³/mol. The Labute approximate surface area is 196 Å². The Kier molecular flexibility index (Phi) is 7.51. The second-order valence-corrected chi connectivity index (χ2v) is 9.74. The van der Waals surface area contributed by atoms with E-state index >= 15 is 0 Å². The van der Waals surface area contributed by atoms with E-state index in [9.17, 15) is 4.79 Å². The maximum atomic E-state index is 12.2. The Morgan fingerprint density at radius 3 is 2.45 bits per heavy atom. The molecule has 0 bridgehead atoms. The number of anilines is 1. The van der Waals surface area contributed by atoms with Crippen molar-refractivity contribution in [3.8, 4) is 5.75 Å². The summed E-state index contributed by atoms with van der Waals surface area (Å²) in [6.45, 7) is 6.81. The van der Waals surface area contributed by atoms with Gasteiger partial charge in [-0.15, -0.1) is 10.2 Å². The zero-order chi connectivity index (χ0) is 22.6. The molecule has 0 saturated carbocycles. The molecule has 0 fully saturated rings. The molecule has 0 saturated heterocycles. The summed E-state index contributed by atoms with van der Waals surface area (Å²) in [5.74, 6) is 1.45. The molecule has 1 amide bonds. The summed E-state index contributed by atoms with van der Waals surface area (Å²) in [5.41, 5.74) is 1.93. The largest absolute Gasteiger partial charge is 0.486 e. The van der Waals surface area contributed by atoms with Crippen molar-refractivity contribution in [2.45, 2.75) is 37.9 Å². The molecule has 164 valence electrons. The van der Waals surface area contributed by atoms with E-state index in [1.165, 1.54) is 17.3 Å². The number of carbonyl (C=O) groups excluding carboxylic acids is 1. The lowest BCUT2D eigenvalue weighted by molar-refractivity contribution is -0.113. The summed E-state index contributed by atoms with van der Waals surface area (Å²) in [5, 5.41) is 12.6. The first-order valence-corrected chi connectivity index (χ1v) is 11.4. The van der Waals surface area contributed by atoms with Gasteiger partial charge in [-0.05, 0) is 41.3 Å². The number of thioether (sulfide) groups is 1. The van der Waals surface area contributed by atoms with Gasteiger partial charge in [-0.25, -0.2) is 0 Å². The number of nitrogens with one attached hydrogen (secondary N) is 1. The molecule has 0 radical (unpaired) electrons. The molecular formula is C22H24Cl2N4O2S. The maximum absolute atomic E-state index is 12.2. The van der Waals surface area contributed by atoms with E-state index in [1.54, 1.807) is 18.2 Å². The molecule has 1 N–H and O–H groups in total. The van der Waals surface area contributed by atoms with Crippen LogP contribution in [0.15, 0.2) is 47.6 Å². The molecule has 6 nitrogen and oxygen atoms in total. The van der Waals surface area contributed by atoms with Gasteiger partial charge in [0.05, 0.1) is 15.8 Å². The maximum Gasteiger partial charge on any atom is 0.234 e. The predicted octanol–water partition coefficient (Wildman–Crippen LogP) is 5.73. The number of nitrogens with zero attached hydrogens (tertiary/aromatic N) is 3. The minimum atomic E-state index is -0.178. The number of rotatable bonds is 7. The van der Waals surface area contributed by atoms with Crippen molar-refractivity contribution in [2.24, 2.45) is 7.05 Å². The summed E-state index contributed by atoms with van der Waals surface area (Å²) in [4.78, 5) is 12.2. The first-order valence-electron chi connectivity index (χ1n) is 9.63. The van der Waals surface area contributed by atoms with Crippen molar-refractivity contribution in [1.82, 2.24) is 14.8 Å². The number of carbonyl (C=O) groups is 1. The van der Waals surface area contributed by atoms with Crippen LogP contribution in [0.2, 0.25) is 10.0 Å². The summed E-state index contributed by atoms with van der Waals surface area (Å²) in [6.07, 6.45) is 0. The van der Waals surface area contributed by atoms with Gasteiger partial charge in [-0.3, -0.25) is 4.79 Å². The first kappa shape index (κ1) is 23.4. The molecule has 0 atom stereocenters. The standard InChI is InChI=1S/C22H24Cl2N4O2S/c1-22(2,3)14-5-8-16(9-6-14)30-12-19-26-27-21(28(19)4)31-13-20(29)25-15-7-10-17(23)18(24)11-15/h5-11H,12-13H2,1-4H3,(H,25,29). The van der Waals surface area contributed by atoms with Gasteiger partial charge in [0.2, 0.25) is 5.91 Å². The lowest BCUT2D eigenvalue weighted by Crippen LogP contribution is -2.14. The van der Waals surface area contributed by atoms with E-state index in [0.29, 0.717) is 26.7 Å². The number of aromatic nitrogens is 3. The van der Waals surface area contributed by atoms with Crippen LogP contribution in [-0.2, 0) is 23.9 Å². The lowest BCUT2D eigenvalue weighted by Gasteiger charge is -2.19. The van der Waals surface area contributed by atoms with Crippen molar-refractivity contribution >= 4 is 46.6 Å². The number of amides is 1. The van der Waals surface area contributed by atoms with Gasteiger partial charge in [-0.2, -0.15) is 0 Å². The highest BCUT2D eigenvalue weighted by Crippen LogP contribution is 2.26. The SMILES string of the molecule is Cn1c(COc2ccc(C(C)(C)C)cc2)nnc1SCC(=O)Nc1ccc(Cl)c(Cl)c1. The van der Waals surface area contributed by atoms with Crippen molar-refractivity contribution < 1.29 is 9.53 Å². The van der Waals surface area contributed by atoms with E-state index in [1.807, 2.05) is 23.7 Å². The Morgan fingerprint density at radius 1 is 1.10 bits per heavy atom. The third-order valence-corrected chi connectivity index (χ3v) is 6.31. The Morgan fingerprint density at radius 2 is 1.81 bits per heavy atom. The quantitative estimate of drug-likeness (QED) is 0.439. The molecule has 0 spiro atoms. The van der Waals surface area contributed by atoms with Crippen LogP contribution in [0.25, 0.3) is 0 Å². The number of hydrogen-bond acceptors (Lipinski definition) is 5. The fourth-order valence-corrected chi connectivity index (χ4v) is 3.72. The molecule has 0 aliphatic rings. The molecule has 3 aromatic rings. The molecular weight excluding hydrogens is 455 g/mol. The topological polar surface area (TPSA) is 69.0 Å². The molecule has 9 heteroatoms. The van der Waals surface area contributed by atoms with Crippen LogP contribution in [0.5, 0.6) is 5.75 Å². The molecule has 0 aliphatic heterocycles. The molecule has 1 aromatic heterocycles. The summed E-state index contributed by atoms with van der Waals surface area (Å²) in [6, 6.07) is 13.0. The third kappa shape index (κ3) is 6.38. The van der Waals surface area contributed by atoms with Crippen LogP contribution in [0.1, 0.15) is 32.2 Å². The fraction of sp³-hybridized carbons (Fsp3) is 0.318. The van der Waals surface area contributed by atoms with E-state index in [-0.39, 0.29) is 23.7 Å². The van der Waals surface area contributed by atoms with Crippen LogP contribution in [0.3, 0.4) is 0 Å². The number of ether oxygens (including phenoxy) is 1. The van der Waals surface area contributed by atoms with Crippen LogP contribution in [0.4, 0.5) is 5.69 Å². The van der Waals surface area contributed by atoms with E-state index < -0.39 is 0 Å².